The van der Waals surface area contributed by atoms with Crippen molar-refractivity contribution >= 4 is 44.5 Å². The van der Waals surface area contributed by atoms with Crippen LogP contribution in [0, 0.1) is 17.1 Å². The Bertz CT molecular complexity index is 1260. The van der Waals surface area contributed by atoms with Crippen molar-refractivity contribution < 1.29 is 9.18 Å². The van der Waals surface area contributed by atoms with Crippen LogP contribution in [0.15, 0.2) is 40.9 Å². The number of piperazine rings is 1. The predicted octanol–water partition coefficient (Wildman–Crippen LogP) is 4.33. The molecule has 3 aromatic rings. The number of nitrogens with one attached hydrogen (secondary N) is 1. The van der Waals surface area contributed by atoms with Gasteiger partial charge in [0.05, 0.1) is 27.1 Å². The highest BCUT2D eigenvalue weighted by Gasteiger charge is 2.27. The van der Waals surface area contributed by atoms with E-state index in [1.165, 1.54) is 24.6 Å². The van der Waals surface area contributed by atoms with Crippen LogP contribution in [-0.4, -0.2) is 53.0 Å². The fraction of sp³-hybridized carbons (Fsp3) is 0.333. The topological polar surface area (TPSA) is 85.2 Å². The van der Waals surface area contributed by atoms with E-state index in [2.05, 4.69) is 32.2 Å². The minimum absolute atomic E-state index is 0.119. The normalized spacial score (nSPS) is 16.4. The second kappa shape index (κ2) is 8.94. The second-order valence-corrected chi connectivity index (χ2v) is 9.25. The summed E-state index contributed by atoms with van der Waals surface area (Å²) in [4.78, 5) is 26.5. The number of aromatic nitrogens is 2. The number of amides is 1. The molecule has 0 unspecified atom stereocenters. The Morgan fingerprint density at radius 2 is 1.88 bits per heavy atom. The first-order chi connectivity index (χ1) is 16.0. The van der Waals surface area contributed by atoms with Gasteiger partial charge in [-0.25, -0.2) is 14.4 Å². The highest BCUT2D eigenvalue weighted by Crippen LogP contribution is 2.31. The third kappa shape index (κ3) is 4.35. The van der Waals surface area contributed by atoms with Gasteiger partial charge in [0, 0.05) is 37.8 Å². The number of carbonyl (C=O) groups excluding carboxylic acids is 1. The lowest BCUT2D eigenvalue weighted by Gasteiger charge is -2.37. The fourth-order valence-electron chi connectivity index (χ4n) is 4.11. The van der Waals surface area contributed by atoms with Gasteiger partial charge in [0.15, 0.2) is 11.6 Å². The predicted molar refractivity (Wildman–Crippen MR) is 128 cm³/mol. The average molecular weight is 509 g/mol. The molecule has 0 spiro atoms. The van der Waals surface area contributed by atoms with Crippen LogP contribution in [0.3, 0.4) is 0 Å². The first kappa shape index (κ1) is 21.6. The molecule has 33 heavy (non-hydrogen) atoms. The van der Waals surface area contributed by atoms with Crippen molar-refractivity contribution in [1.82, 2.24) is 14.9 Å². The van der Waals surface area contributed by atoms with Gasteiger partial charge in [-0.05, 0) is 71.6 Å². The van der Waals surface area contributed by atoms with E-state index in [-0.39, 0.29) is 10.4 Å². The molecule has 9 heteroatoms. The number of nitriles is 1. The molecular formula is C24H22BrFN6O. The highest BCUT2D eigenvalue weighted by molar-refractivity contribution is 9.10. The number of hydrogen-bond acceptors (Lipinski definition) is 6. The molecule has 1 saturated heterocycles. The van der Waals surface area contributed by atoms with Crippen molar-refractivity contribution in [1.29, 1.82) is 5.26 Å². The Morgan fingerprint density at radius 3 is 2.55 bits per heavy atom. The van der Waals surface area contributed by atoms with Gasteiger partial charge in [0.1, 0.15) is 5.82 Å². The number of anilines is 2. The summed E-state index contributed by atoms with van der Waals surface area (Å²) in [5, 5.41) is 12.8. The maximum Gasteiger partial charge on any atom is 0.254 e. The number of halogens is 2. The van der Waals surface area contributed by atoms with E-state index in [0.717, 1.165) is 30.0 Å². The molecule has 0 bridgehead atoms. The van der Waals surface area contributed by atoms with Crippen LogP contribution >= 0.6 is 15.9 Å². The molecule has 2 heterocycles. The van der Waals surface area contributed by atoms with E-state index >= 15 is 0 Å². The molecule has 1 N–H and O–H groups in total. The molecule has 168 valence electrons. The third-order valence-corrected chi connectivity index (χ3v) is 6.86. The first-order valence-electron chi connectivity index (χ1n) is 11.0. The lowest BCUT2D eigenvalue weighted by molar-refractivity contribution is 0.0746. The fourth-order valence-corrected chi connectivity index (χ4v) is 4.49. The van der Waals surface area contributed by atoms with Gasteiger partial charge < -0.3 is 15.1 Å². The molecule has 7 nitrogen and oxygen atoms in total. The van der Waals surface area contributed by atoms with E-state index in [9.17, 15) is 14.4 Å². The summed E-state index contributed by atoms with van der Waals surface area (Å²) in [6, 6.07) is 12.2. The molecule has 0 atom stereocenters. The zero-order valence-corrected chi connectivity index (χ0v) is 19.5. The van der Waals surface area contributed by atoms with Crippen molar-refractivity contribution in [3.8, 4) is 6.07 Å². The molecule has 0 radical (unpaired) electrons. The standard InChI is InChI=1S/C24H22BrFN6O/c25-18-13-16(5-6-19(18)26)24(33)32-10-8-31(9-11-32)23-22(28-17-2-1-3-17)29-20-7-4-15(14-27)12-21(20)30-23/h4-7,12-13,17H,1-3,8-11H2,(H,28,29). The Labute approximate surface area is 199 Å². The Morgan fingerprint density at radius 1 is 1.09 bits per heavy atom. The zero-order chi connectivity index (χ0) is 22.9. The molecule has 5 rings (SSSR count). The van der Waals surface area contributed by atoms with Crippen molar-refractivity contribution in [2.75, 3.05) is 36.4 Å². The van der Waals surface area contributed by atoms with E-state index < -0.39 is 5.82 Å². The number of benzene rings is 2. The van der Waals surface area contributed by atoms with Gasteiger partial charge in [-0.15, -0.1) is 0 Å². The van der Waals surface area contributed by atoms with Crippen LogP contribution in [0.4, 0.5) is 16.0 Å². The third-order valence-electron chi connectivity index (χ3n) is 6.25. The average Bonchev–Trinajstić information content (AvgIpc) is 2.82. The summed E-state index contributed by atoms with van der Waals surface area (Å²) in [5.41, 5.74) is 2.43. The van der Waals surface area contributed by atoms with Crippen LogP contribution < -0.4 is 10.2 Å². The molecule has 2 aliphatic rings. The van der Waals surface area contributed by atoms with Gasteiger partial charge in [0.25, 0.3) is 5.91 Å². The molecule has 2 fully saturated rings. The van der Waals surface area contributed by atoms with Crippen LogP contribution in [0.5, 0.6) is 0 Å². The molecular weight excluding hydrogens is 487 g/mol. The quantitative estimate of drug-likeness (QED) is 0.564. The summed E-state index contributed by atoms with van der Waals surface area (Å²) in [5.74, 6) is 0.990. The lowest BCUT2D eigenvalue weighted by Crippen LogP contribution is -2.49. The molecule has 1 aliphatic heterocycles. The van der Waals surface area contributed by atoms with Crippen LogP contribution in [0.2, 0.25) is 0 Å². The number of hydrogen-bond donors (Lipinski definition) is 1. The van der Waals surface area contributed by atoms with Gasteiger partial charge in [-0.1, -0.05) is 0 Å². The second-order valence-electron chi connectivity index (χ2n) is 8.39. The van der Waals surface area contributed by atoms with E-state index in [0.29, 0.717) is 48.9 Å². The first-order valence-corrected chi connectivity index (χ1v) is 11.8. The minimum atomic E-state index is -0.391. The zero-order valence-electron chi connectivity index (χ0n) is 17.9. The Kier molecular flexibility index (Phi) is 5.85. The smallest absolute Gasteiger partial charge is 0.254 e. The van der Waals surface area contributed by atoms with Crippen molar-refractivity contribution in [3.05, 3.63) is 57.8 Å². The summed E-state index contributed by atoms with van der Waals surface area (Å²) in [7, 11) is 0. The summed E-state index contributed by atoms with van der Waals surface area (Å²) in [6.45, 7) is 2.25. The van der Waals surface area contributed by atoms with Crippen LogP contribution in [-0.2, 0) is 0 Å². The van der Waals surface area contributed by atoms with Gasteiger partial charge in [-0.2, -0.15) is 5.26 Å². The van der Waals surface area contributed by atoms with E-state index in [4.69, 9.17) is 9.97 Å². The maximum absolute atomic E-state index is 13.5. The molecule has 1 aliphatic carbocycles. The van der Waals surface area contributed by atoms with Crippen LogP contribution in [0.1, 0.15) is 35.2 Å². The molecule has 1 amide bonds. The van der Waals surface area contributed by atoms with Crippen molar-refractivity contribution in [3.63, 3.8) is 0 Å². The lowest BCUT2D eigenvalue weighted by atomic mass is 9.93. The monoisotopic (exact) mass is 508 g/mol. The summed E-state index contributed by atoms with van der Waals surface area (Å²) >= 11 is 3.15. The molecule has 2 aromatic carbocycles. The number of nitrogens with zero attached hydrogens (tertiary/aromatic N) is 5. The molecule has 1 aromatic heterocycles. The SMILES string of the molecule is N#Cc1ccc2nc(NC3CCC3)c(N3CCN(C(=O)c4ccc(F)c(Br)c4)CC3)nc2c1. The number of rotatable bonds is 4. The van der Waals surface area contributed by atoms with Gasteiger partial charge in [0.2, 0.25) is 0 Å². The van der Waals surface area contributed by atoms with E-state index in [1.807, 2.05) is 6.07 Å². The van der Waals surface area contributed by atoms with Gasteiger partial charge >= 0.3 is 0 Å². The van der Waals surface area contributed by atoms with Crippen molar-refractivity contribution in [2.45, 2.75) is 25.3 Å². The van der Waals surface area contributed by atoms with Gasteiger partial charge in [-0.3, -0.25) is 4.79 Å². The van der Waals surface area contributed by atoms with E-state index in [1.54, 1.807) is 17.0 Å². The number of fused-ring (bicyclic) bond motifs is 1. The highest BCUT2D eigenvalue weighted by atomic mass is 79.9. The number of carbonyl (C=O) groups is 1. The summed E-state index contributed by atoms with van der Waals surface area (Å²) in [6.07, 6.45) is 3.43. The Hall–Kier alpha value is -3.25. The molecule has 1 saturated carbocycles. The maximum atomic E-state index is 13.5. The van der Waals surface area contributed by atoms with Crippen molar-refractivity contribution in [2.24, 2.45) is 0 Å². The Balaban J connectivity index is 1.38. The summed E-state index contributed by atoms with van der Waals surface area (Å²) < 4.78 is 13.8. The largest absolute Gasteiger partial charge is 0.364 e. The van der Waals surface area contributed by atoms with Crippen LogP contribution in [0.25, 0.3) is 11.0 Å². The minimum Gasteiger partial charge on any atom is -0.364 e.